The number of rotatable bonds is 8. The summed E-state index contributed by atoms with van der Waals surface area (Å²) < 4.78 is 16.2. The van der Waals surface area contributed by atoms with Crippen molar-refractivity contribution in [2.45, 2.75) is 12.8 Å². The van der Waals surface area contributed by atoms with Gasteiger partial charge in [0.25, 0.3) is 5.91 Å². The standard InChI is InChI=1S/C20H19BrN2O6/c21-14-3-1-2-4-15(14)23-18(24)10-22-19(25)11-27-20(26)8-6-13-5-7-16-17(9-13)29-12-28-16/h1-5,7,9H,6,8,10-12H2,(H,22,25)(H,23,24). The Labute approximate surface area is 175 Å². The van der Waals surface area contributed by atoms with Crippen LogP contribution in [0.4, 0.5) is 5.69 Å². The van der Waals surface area contributed by atoms with Crippen LogP contribution in [-0.4, -0.2) is 37.7 Å². The molecule has 0 atom stereocenters. The smallest absolute Gasteiger partial charge is 0.306 e. The van der Waals surface area contributed by atoms with Gasteiger partial charge in [0.2, 0.25) is 12.7 Å². The number of anilines is 1. The maximum atomic E-state index is 11.9. The van der Waals surface area contributed by atoms with Gasteiger partial charge in [-0.05, 0) is 52.2 Å². The van der Waals surface area contributed by atoms with Gasteiger partial charge in [-0.15, -0.1) is 0 Å². The topological polar surface area (TPSA) is 103 Å². The molecule has 2 N–H and O–H groups in total. The van der Waals surface area contributed by atoms with Gasteiger partial charge in [-0.3, -0.25) is 14.4 Å². The molecule has 1 aliphatic heterocycles. The molecule has 3 rings (SSSR count). The van der Waals surface area contributed by atoms with Crippen molar-refractivity contribution in [2.75, 3.05) is 25.3 Å². The van der Waals surface area contributed by atoms with Gasteiger partial charge < -0.3 is 24.8 Å². The van der Waals surface area contributed by atoms with Crippen LogP contribution in [0.3, 0.4) is 0 Å². The molecule has 0 saturated carbocycles. The number of para-hydroxylation sites is 1. The van der Waals surface area contributed by atoms with Crippen LogP contribution in [0.2, 0.25) is 0 Å². The van der Waals surface area contributed by atoms with Crippen LogP contribution in [0.5, 0.6) is 11.5 Å². The molecule has 0 aliphatic carbocycles. The van der Waals surface area contributed by atoms with Gasteiger partial charge in [0.15, 0.2) is 18.1 Å². The van der Waals surface area contributed by atoms with Crippen LogP contribution in [0.25, 0.3) is 0 Å². The van der Waals surface area contributed by atoms with E-state index < -0.39 is 18.5 Å². The van der Waals surface area contributed by atoms with E-state index in [4.69, 9.17) is 14.2 Å². The van der Waals surface area contributed by atoms with Gasteiger partial charge in [-0.25, -0.2) is 0 Å². The lowest BCUT2D eigenvalue weighted by Crippen LogP contribution is -2.35. The Morgan fingerprint density at radius 2 is 1.83 bits per heavy atom. The van der Waals surface area contributed by atoms with E-state index in [1.807, 2.05) is 18.2 Å². The molecule has 0 saturated heterocycles. The molecule has 0 fully saturated rings. The highest BCUT2D eigenvalue weighted by atomic mass is 79.9. The SMILES string of the molecule is O=C(COC(=O)CCc1ccc2c(c1)OCO2)NCC(=O)Nc1ccccc1Br. The Kier molecular flexibility index (Phi) is 7.07. The van der Waals surface area contributed by atoms with Gasteiger partial charge in [-0.2, -0.15) is 0 Å². The van der Waals surface area contributed by atoms with Crippen LogP contribution in [0.15, 0.2) is 46.9 Å². The van der Waals surface area contributed by atoms with Crippen LogP contribution in [0, 0.1) is 0 Å². The largest absolute Gasteiger partial charge is 0.456 e. The average Bonchev–Trinajstić information content (AvgIpc) is 3.18. The molecule has 29 heavy (non-hydrogen) atoms. The Balaban J connectivity index is 1.33. The molecule has 9 heteroatoms. The number of benzene rings is 2. The number of fused-ring (bicyclic) bond motifs is 1. The van der Waals surface area contributed by atoms with Gasteiger partial charge in [0, 0.05) is 10.9 Å². The highest BCUT2D eigenvalue weighted by Gasteiger charge is 2.14. The number of nitrogens with one attached hydrogen (secondary N) is 2. The first kappa shape index (κ1) is 20.7. The van der Waals surface area contributed by atoms with E-state index in [1.54, 1.807) is 24.3 Å². The summed E-state index contributed by atoms with van der Waals surface area (Å²) in [6, 6.07) is 12.6. The second-order valence-corrected chi connectivity index (χ2v) is 7.01. The zero-order chi connectivity index (χ0) is 20.6. The van der Waals surface area contributed by atoms with Crippen molar-refractivity contribution >= 4 is 39.4 Å². The zero-order valence-corrected chi connectivity index (χ0v) is 17.0. The third kappa shape index (κ3) is 6.21. The van der Waals surface area contributed by atoms with E-state index in [0.717, 1.165) is 10.0 Å². The number of ether oxygens (including phenoxy) is 3. The van der Waals surface area contributed by atoms with Crippen LogP contribution >= 0.6 is 15.9 Å². The Morgan fingerprint density at radius 3 is 2.66 bits per heavy atom. The van der Waals surface area contributed by atoms with E-state index in [2.05, 4.69) is 26.6 Å². The van der Waals surface area contributed by atoms with E-state index in [1.165, 1.54) is 0 Å². The third-order valence-electron chi connectivity index (χ3n) is 4.01. The predicted octanol–water partition coefficient (Wildman–Crippen LogP) is 2.41. The molecule has 0 aromatic heterocycles. The monoisotopic (exact) mass is 462 g/mol. The highest BCUT2D eigenvalue weighted by Crippen LogP contribution is 2.32. The summed E-state index contributed by atoms with van der Waals surface area (Å²) in [6.45, 7) is -0.478. The number of halogens is 1. The Morgan fingerprint density at radius 1 is 1.03 bits per heavy atom. The number of carbonyl (C=O) groups excluding carboxylic acids is 3. The van der Waals surface area contributed by atoms with Crippen LogP contribution in [-0.2, 0) is 25.5 Å². The molecule has 0 unspecified atom stereocenters. The Bertz CT molecular complexity index is 918. The van der Waals surface area contributed by atoms with Crippen molar-refractivity contribution < 1.29 is 28.6 Å². The molecule has 2 aromatic rings. The maximum absolute atomic E-state index is 11.9. The summed E-state index contributed by atoms with van der Waals surface area (Å²) in [5.41, 5.74) is 1.50. The predicted molar refractivity (Wildman–Crippen MR) is 108 cm³/mol. The number of hydrogen-bond acceptors (Lipinski definition) is 6. The molecule has 152 valence electrons. The number of carbonyl (C=O) groups is 3. The summed E-state index contributed by atoms with van der Waals surface area (Å²) in [4.78, 5) is 35.5. The molecule has 2 amide bonds. The minimum absolute atomic E-state index is 0.120. The molecule has 0 spiro atoms. The summed E-state index contributed by atoms with van der Waals surface area (Å²) >= 11 is 3.32. The summed E-state index contributed by atoms with van der Waals surface area (Å²) in [7, 11) is 0. The van der Waals surface area contributed by atoms with Crippen molar-refractivity contribution in [3.8, 4) is 11.5 Å². The molecular weight excluding hydrogens is 444 g/mol. The number of aryl methyl sites for hydroxylation is 1. The lowest BCUT2D eigenvalue weighted by molar-refractivity contribution is -0.148. The van der Waals surface area contributed by atoms with E-state index in [9.17, 15) is 14.4 Å². The summed E-state index contributed by atoms with van der Waals surface area (Å²) in [6.07, 6.45) is 0.570. The molecular formula is C20H19BrN2O6. The second-order valence-electron chi connectivity index (χ2n) is 6.15. The fourth-order valence-electron chi connectivity index (χ4n) is 2.55. The molecule has 0 radical (unpaired) electrons. The zero-order valence-electron chi connectivity index (χ0n) is 15.4. The average molecular weight is 463 g/mol. The first-order valence-corrected chi connectivity index (χ1v) is 9.66. The van der Waals surface area contributed by atoms with Gasteiger partial charge >= 0.3 is 5.97 Å². The fraction of sp³-hybridized carbons (Fsp3) is 0.250. The first-order chi connectivity index (χ1) is 14.0. The van der Waals surface area contributed by atoms with E-state index in [-0.39, 0.29) is 25.7 Å². The third-order valence-corrected chi connectivity index (χ3v) is 4.70. The molecule has 1 aliphatic rings. The summed E-state index contributed by atoms with van der Waals surface area (Å²) in [5.74, 6) is -0.119. The van der Waals surface area contributed by atoms with Gasteiger partial charge in [-0.1, -0.05) is 18.2 Å². The van der Waals surface area contributed by atoms with Crippen LogP contribution in [0.1, 0.15) is 12.0 Å². The minimum Gasteiger partial charge on any atom is -0.456 e. The van der Waals surface area contributed by atoms with Crippen molar-refractivity contribution in [1.29, 1.82) is 0 Å². The highest BCUT2D eigenvalue weighted by molar-refractivity contribution is 9.10. The second kappa shape index (κ2) is 9.92. The van der Waals surface area contributed by atoms with E-state index in [0.29, 0.717) is 23.6 Å². The normalized spacial score (nSPS) is 11.6. The number of hydrogen-bond donors (Lipinski definition) is 2. The lowest BCUT2D eigenvalue weighted by Gasteiger charge is -2.09. The van der Waals surface area contributed by atoms with Crippen molar-refractivity contribution in [3.05, 3.63) is 52.5 Å². The van der Waals surface area contributed by atoms with Crippen molar-refractivity contribution in [1.82, 2.24) is 5.32 Å². The molecule has 0 bridgehead atoms. The first-order valence-electron chi connectivity index (χ1n) is 8.86. The number of esters is 1. The maximum Gasteiger partial charge on any atom is 0.306 e. The van der Waals surface area contributed by atoms with Crippen LogP contribution < -0.4 is 20.1 Å². The number of amides is 2. The lowest BCUT2D eigenvalue weighted by atomic mass is 10.1. The minimum atomic E-state index is -0.552. The summed E-state index contributed by atoms with van der Waals surface area (Å²) in [5, 5.41) is 5.06. The van der Waals surface area contributed by atoms with Crippen molar-refractivity contribution in [2.24, 2.45) is 0 Å². The fourth-order valence-corrected chi connectivity index (χ4v) is 2.93. The molecule has 2 aromatic carbocycles. The van der Waals surface area contributed by atoms with Gasteiger partial charge in [0.05, 0.1) is 12.2 Å². The van der Waals surface area contributed by atoms with Crippen molar-refractivity contribution in [3.63, 3.8) is 0 Å². The quantitative estimate of drug-likeness (QED) is 0.583. The molecule has 1 heterocycles. The Hall–Kier alpha value is -3.07. The van der Waals surface area contributed by atoms with Gasteiger partial charge in [0.1, 0.15) is 0 Å². The van der Waals surface area contributed by atoms with E-state index >= 15 is 0 Å². The molecule has 8 nitrogen and oxygen atoms in total.